The summed E-state index contributed by atoms with van der Waals surface area (Å²) in [7, 11) is 0. The Kier molecular flexibility index (Phi) is 13.9. The van der Waals surface area contributed by atoms with Crippen molar-refractivity contribution < 1.29 is 0 Å². The molecule has 0 N–H and O–H groups in total. The van der Waals surface area contributed by atoms with E-state index in [2.05, 4.69) is 94.7 Å². The molecule has 0 aromatic heterocycles. The van der Waals surface area contributed by atoms with Crippen molar-refractivity contribution in [3.05, 3.63) is 296 Å². The molecule has 0 saturated heterocycles. The predicted molar refractivity (Wildman–Crippen MR) is 266 cm³/mol. The number of hydrogen-bond donors (Lipinski definition) is 0. The molecule has 0 heterocycles. The molecule has 0 radical (unpaired) electrons. The van der Waals surface area contributed by atoms with Gasteiger partial charge >= 0.3 is 0 Å². The molecule has 8 aromatic carbocycles. The van der Waals surface area contributed by atoms with Gasteiger partial charge in [-0.3, -0.25) is 11.8 Å². The van der Waals surface area contributed by atoms with E-state index in [0.29, 0.717) is 11.1 Å². The molecule has 8 aromatic rings. The van der Waals surface area contributed by atoms with Crippen LogP contribution in [0.25, 0.3) is 0 Å². The molecular weight excluding hydrogens is 793 g/mol. The van der Waals surface area contributed by atoms with E-state index in [4.69, 9.17) is 12.8 Å². The smallest absolute Gasteiger partial charge is 0.0405 e. The first-order valence-corrected chi connectivity index (χ1v) is 20.9. The van der Waals surface area contributed by atoms with Crippen LogP contribution in [0.3, 0.4) is 0 Å². The molecule has 0 aliphatic rings. The maximum absolute atomic E-state index is 7.59. The van der Waals surface area contributed by atoms with Gasteiger partial charge in [0, 0.05) is 66.8 Å². The second-order valence-corrected chi connectivity index (χ2v) is 14.4. The van der Waals surface area contributed by atoms with Gasteiger partial charge in [0.1, 0.15) is 0 Å². The van der Waals surface area contributed by atoms with E-state index in [9.17, 15) is 0 Å². The van der Waals surface area contributed by atoms with Crippen molar-refractivity contribution in [3.8, 4) is 94.7 Å². The molecule has 0 heteroatoms. The lowest BCUT2D eigenvalue weighted by atomic mass is 10.0. The largest absolute Gasteiger partial charge is 0.366 e. The first kappa shape index (κ1) is 42.5. The van der Waals surface area contributed by atoms with Crippen LogP contribution in [0.15, 0.2) is 194 Å². The quantitative estimate of drug-likeness (QED) is 0.106. The molecule has 0 unspecified atom stereocenters. The lowest BCUT2D eigenvalue weighted by molar-refractivity contribution is 1.55. The van der Waals surface area contributed by atoms with Gasteiger partial charge in [0.2, 0.25) is 0 Å². The molecular formula is C66H32-2. The third kappa shape index (κ3) is 11.0. The van der Waals surface area contributed by atoms with E-state index in [1.807, 2.05) is 194 Å². The Morgan fingerprint density at radius 3 is 0.348 bits per heavy atom. The van der Waals surface area contributed by atoms with Crippen LogP contribution in [0, 0.1) is 108 Å². The molecule has 298 valence electrons. The molecule has 66 heavy (non-hydrogen) atoms. The summed E-state index contributed by atoms with van der Waals surface area (Å²) in [6.45, 7) is 0. The van der Waals surface area contributed by atoms with Gasteiger partial charge in [-0.25, -0.2) is 0 Å². The van der Waals surface area contributed by atoms with Crippen LogP contribution < -0.4 is 0 Å². The van der Waals surface area contributed by atoms with Gasteiger partial charge < -0.3 is 12.8 Å². The minimum atomic E-state index is 0.647. The van der Waals surface area contributed by atoms with Gasteiger partial charge in [-0.05, 0) is 83.9 Å². The third-order valence-corrected chi connectivity index (χ3v) is 10.0. The maximum Gasteiger partial charge on any atom is 0.0405 e. The second kappa shape index (κ2) is 21.5. The van der Waals surface area contributed by atoms with Crippen LogP contribution >= 0.6 is 0 Å². The predicted octanol–water partition coefficient (Wildman–Crippen LogP) is 11.4. The number of benzene rings is 8. The molecule has 0 nitrogen and oxygen atoms in total. The number of rotatable bonds is 0. The van der Waals surface area contributed by atoms with E-state index in [0.717, 1.165) is 77.9 Å². The van der Waals surface area contributed by atoms with Gasteiger partial charge in [-0.2, -0.15) is 0 Å². The van der Waals surface area contributed by atoms with E-state index >= 15 is 0 Å². The van der Waals surface area contributed by atoms with Crippen LogP contribution in [0.4, 0.5) is 0 Å². The summed E-state index contributed by atoms with van der Waals surface area (Å²) in [4.78, 5) is 0. The Bertz CT molecular complexity index is 3470. The van der Waals surface area contributed by atoms with E-state index in [1.54, 1.807) is 0 Å². The van der Waals surface area contributed by atoms with Crippen LogP contribution in [-0.2, 0) is 0 Å². The first-order valence-electron chi connectivity index (χ1n) is 20.9. The molecule has 0 fully saturated rings. The number of hydrogen-bond acceptors (Lipinski definition) is 0. The minimum Gasteiger partial charge on any atom is -0.366 e. The van der Waals surface area contributed by atoms with Gasteiger partial charge in [0.15, 0.2) is 0 Å². The summed E-state index contributed by atoms with van der Waals surface area (Å²) in [5, 5.41) is 0. The maximum atomic E-state index is 7.59. The van der Waals surface area contributed by atoms with Crippen LogP contribution in [0.2, 0.25) is 0 Å². The fourth-order valence-electron chi connectivity index (χ4n) is 6.55. The molecule has 8 rings (SSSR count). The Balaban J connectivity index is 1.03. The monoisotopic (exact) mass is 824 g/mol. The average molecular weight is 825 g/mol. The Morgan fingerprint density at radius 1 is 0.152 bits per heavy atom. The molecule has 0 atom stereocenters. The summed E-state index contributed by atoms with van der Waals surface area (Å²) in [5.41, 5.74) is 12.4. The highest BCUT2D eigenvalue weighted by atomic mass is 14.1. The van der Waals surface area contributed by atoms with E-state index < -0.39 is 0 Å². The SMILES string of the molecule is [C-]#Cc1ccccc1C#Cc1ccccc1C#Cc1ccccc1C#Cc1ccccc1C#Cc1ccccc1C#Cc1ccccc1C#Cc1ccccc1C#Cc1ccccc1C#[C-]. The molecule has 0 aliphatic heterocycles. The lowest BCUT2D eigenvalue weighted by Crippen LogP contribution is -1.88. The van der Waals surface area contributed by atoms with Crippen molar-refractivity contribution >= 4 is 0 Å². The van der Waals surface area contributed by atoms with Gasteiger partial charge in [0.05, 0.1) is 0 Å². The third-order valence-electron chi connectivity index (χ3n) is 10.0. The molecule has 0 saturated carbocycles. The average Bonchev–Trinajstić information content (AvgIpc) is 3.38. The summed E-state index contributed by atoms with van der Waals surface area (Å²) in [6.07, 6.45) is 15.2. The van der Waals surface area contributed by atoms with Crippen LogP contribution in [0.1, 0.15) is 89.0 Å². The van der Waals surface area contributed by atoms with Gasteiger partial charge in [-0.15, -0.1) is 23.3 Å². The van der Waals surface area contributed by atoms with Crippen molar-refractivity contribution in [2.75, 3.05) is 0 Å². The zero-order chi connectivity index (χ0) is 45.2. The fraction of sp³-hybridized carbons (Fsp3) is 0. The highest BCUT2D eigenvalue weighted by Gasteiger charge is 2.03. The van der Waals surface area contributed by atoms with Crippen molar-refractivity contribution in [1.29, 1.82) is 0 Å². The lowest BCUT2D eigenvalue weighted by Gasteiger charge is -2.03. The Hall–Kier alpha value is -10.2. The minimum absolute atomic E-state index is 0.647. The van der Waals surface area contributed by atoms with Crippen LogP contribution in [0.5, 0.6) is 0 Å². The Morgan fingerprint density at radius 2 is 0.242 bits per heavy atom. The fourth-order valence-corrected chi connectivity index (χ4v) is 6.55. The normalized spacial score (nSPS) is 9.24. The highest BCUT2D eigenvalue weighted by Crippen LogP contribution is 2.15. The van der Waals surface area contributed by atoms with Crippen molar-refractivity contribution in [1.82, 2.24) is 0 Å². The molecule has 0 spiro atoms. The van der Waals surface area contributed by atoms with Crippen molar-refractivity contribution in [2.45, 2.75) is 0 Å². The summed E-state index contributed by atoms with van der Waals surface area (Å²) in [5.74, 6) is 51.2. The first-order chi connectivity index (χ1) is 32.6. The summed E-state index contributed by atoms with van der Waals surface area (Å²) >= 11 is 0. The van der Waals surface area contributed by atoms with Gasteiger partial charge in [-0.1, -0.05) is 192 Å². The van der Waals surface area contributed by atoms with Crippen molar-refractivity contribution in [2.24, 2.45) is 0 Å². The van der Waals surface area contributed by atoms with E-state index in [1.165, 1.54) is 0 Å². The zero-order valence-corrected chi connectivity index (χ0v) is 35.5. The molecule has 0 amide bonds. The zero-order valence-electron chi connectivity index (χ0n) is 35.5. The van der Waals surface area contributed by atoms with Crippen LogP contribution in [-0.4, -0.2) is 0 Å². The highest BCUT2D eigenvalue weighted by molar-refractivity contribution is 5.63. The summed E-state index contributed by atoms with van der Waals surface area (Å²) in [6, 6.07) is 61.9. The van der Waals surface area contributed by atoms with E-state index in [-0.39, 0.29) is 0 Å². The Labute approximate surface area is 388 Å². The molecule has 0 aliphatic carbocycles. The summed E-state index contributed by atoms with van der Waals surface area (Å²) < 4.78 is 0. The molecule has 0 bridgehead atoms. The van der Waals surface area contributed by atoms with Crippen molar-refractivity contribution in [3.63, 3.8) is 0 Å². The topological polar surface area (TPSA) is 0 Å². The van der Waals surface area contributed by atoms with Gasteiger partial charge in [0.25, 0.3) is 0 Å². The second-order valence-electron chi connectivity index (χ2n) is 14.4. The standard InChI is InChI=1S/C66H32/c1-3-51-21-5-7-23-53(51)37-39-55-25-9-11-27-57(55)41-43-59-29-13-15-31-61(59)45-47-63-33-17-19-35-65(63)49-50-66-36-20-18-34-64(66)48-46-62-32-16-14-30-60(62)44-42-58-28-12-10-26-56(58)40-38-54-24-8-6-22-52(54)4-2/h5-36H/q-2.